The molecule has 1 aromatic carbocycles. The Balaban J connectivity index is 2.68. The summed E-state index contributed by atoms with van der Waals surface area (Å²) in [4.78, 5) is 13.7. The number of methoxy groups -OCH3 is 1. The van der Waals surface area contributed by atoms with Crippen molar-refractivity contribution in [3.05, 3.63) is 29.8 Å². The van der Waals surface area contributed by atoms with Gasteiger partial charge >= 0.3 is 0 Å². The minimum atomic E-state index is 0.114. The molecule has 106 valence electrons. The standard InChI is InChI=1S/C15H24N2O2/c1-5-6-15(18)16-11-14(17(2)3)12-7-9-13(19-4)10-8-12/h7-10,14H,5-6,11H2,1-4H3,(H,16,18). The van der Waals surface area contributed by atoms with Crippen LogP contribution in [0.1, 0.15) is 31.4 Å². The molecule has 1 unspecified atom stereocenters. The monoisotopic (exact) mass is 264 g/mol. The number of rotatable bonds is 7. The molecular weight excluding hydrogens is 240 g/mol. The van der Waals surface area contributed by atoms with Crippen LogP contribution in [-0.2, 0) is 4.79 Å². The van der Waals surface area contributed by atoms with Crippen LogP contribution in [0.4, 0.5) is 0 Å². The molecule has 1 atom stereocenters. The zero-order chi connectivity index (χ0) is 14.3. The van der Waals surface area contributed by atoms with Gasteiger partial charge in [-0.2, -0.15) is 0 Å². The lowest BCUT2D eigenvalue weighted by Gasteiger charge is -2.25. The van der Waals surface area contributed by atoms with Crippen LogP contribution < -0.4 is 10.1 Å². The van der Waals surface area contributed by atoms with Crippen molar-refractivity contribution in [1.29, 1.82) is 0 Å². The fourth-order valence-corrected chi connectivity index (χ4v) is 1.95. The van der Waals surface area contributed by atoms with Crippen molar-refractivity contribution in [1.82, 2.24) is 10.2 Å². The number of carbonyl (C=O) groups excluding carboxylic acids is 1. The normalized spacial score (nSPS) is 12.3. The van der Waals surface area contributed by atoms with E-state index in [1.165, 1.54) is 5.56 Å². The Bertz CT molecular complexity index is 388. The van der Waals surface area contributed by atoms with Gasteiger partial charge in [-0.3, -0.25) is 4.79 Å². The molecule has 0 aliphatic carbocycles. The summed E-state index contributed by atoms with van der Waals surface area (Å²) in [6.45, 7) is 2.63. The highest BCUT2D eigenvalue weighted by Gasteiger charge is 2.15. The van der Waals surface area contributed by atoms with E-state index in [4.69, 9.17) is 4.74 Å². The molecule has 4 heteroatoms. The molecule has 0 bridgehead atoms. The molecule has 0 aliphatic rings. The van der Waals surface area contributed by atoms with Crippen LogP contribution in [-0.4, -0.2) is 38.6 Å². The minimum absolute atomic E-state index is 0.114. The summed E-state index contributed by atoms with van der Waals surface area (Å²) in [6.07, 6.45) is 1.46. The zero-order valence-electron chi connectivity index (χ0n) is 12.3. The number of ether oxygens (including phenoxy) is 1. The summed E-state index contributed by atoms with van der Waals surface area (Å²) in [5, 5.41) is 2.98. The Labute approximate surface area is 115 Å². The van der Waals surface area contributed by atoms with Crippen LogP contribution in [0.15, 0.2) is 24.3 Å². The predicted octanol–water partition coefficient (Wildman–Crippen LogP) is 2.21. The van der Waals surface area contributed by atoms with Crippen molar-refractivity contribution in [2.24, 2.45) is 0 Å². The summed E-state index contributed by atoms with van der Waals surface area (Å²) < 4.78 is 5.16. The second kappa shape index (κ2) is 7.79. The largest absolute Gasteiger partial charge is 0.497 e. The van der Waals surface area contributed by atoms with Crippen molar-refractivity contribution in [2.45, 2.75) is 25.8 Å². The average Bonchev–Trinajstić information content (AvgIpc) is 2.39. The molecule has 0 saturated heterocycles. The highest BCUT2D eigenvalue weighted by atomic mass is 16.5. The van der Waals surface area contributed by atoms with Crippen molar-refractivity contribution >= 4 is 5.91 Å². The van der Waals surface area contributed by atoms with Crippen LogP contribution >= 0.6 is 0 Å². The molecule has 1 N–H and O–H groups in total. The van der Waals surface area contributed by atoms with Gasteiger partial charge in [0, 0.05) is 13.0 Å². The van der Waals surface area contributed by atoms with Gasteiger partial charge in [-0.15, -0.1) is 0 Å². The quantitative estimate of drug-likeness (QED) is 0.821. The average molecular weight is 264 g/mol. The second-order valence-electron chi connectivity index (χ2n) is 4.81. The van der Waals surface area contributed by atoms with Gasteiger partial charge in [0.05, 0.1) is 13.2 Å². The number of nitrogens with zero attached hydrogens (tertiary/aromatic N) is 1. The third-order valence-corrected chi connectivity index (χ3v) is 3.09. The van der Waals surface area contributed by atoms with Crippen molar-refractivity contribution in [3.8, 4) is 5.75 Å². The summed E-state index contributed by atoms with van der Waals surface area (Å²) >= 11 is 0. The van der Waals surface area contributed by atoms with Crippen LogP contribution in [0.5, 0.6) is 5.75 Å². The highest BCUT2D eigenvalue weighted by molar-refractivity contribution is 5.75. The fourth-order valence-electron chi connectivity index (χ4n) is 1.95. The van der Waals surface area contributed by atoms with Gasteiger partial charge in [0.15, 0.2) is 0 Å². The molecule has 19 heavy (non-hydrogen) atoms. The maximum Gasteiger partial charge on any atom is 0.220 e. The summed E-state index contributed by atoms with van der Waals surface area (Å²) in [6, 6.07) is 8.14. The minimum Gasteiger partial charge on any atom is -0.497 e. The second-order valence-corrected chi connectivity index (χ2v) is 4.81. The molecular formula is C15H24N2O2. The first-order valence-corrected chi connectivity index (χ1v) is 6.65. The number of carbonyl (C=O) groups is 1. The molecule has 0 aromatic heterocycles. The molecule has 0 spiro atoms. The number of amides is 1. The Morgan fingerprint density at radius 1 is 1.32 bits per heavy atom. The molecule has 1 aromatic rings. The van der Waals surface area contributed by atoms with E-state index in [-0.39, 0.29) is 11.9 Å². The lowest BCUT2D eigenvalue weighted by Crippen LogP contribution is -2.34. The van der Waals surface area contributed by atoms with E-state index in [9.17, 15) is 4.79 Å². The van der Waals surface area contributed by atoms with Gasteiger partial charge in [-0.25, -0.2) is 0 Å². The van der Waals surface area contributed by atoms with Gasteiger partial charge in [-0.05, 0) is 38.2 Å². The third-order valence-electron chi connectivity index (χ3n) is 3.09. The summed E-state index contributed by atoms with van der Waals surface area (Å²) in [7, 11) is 5.69. The Morgan fingerprint density at radius 2 is 1.95 bits per heavy atom. The predicted molar refractivity (Wildman–Crippen MR) is 77.3 cm³/mol. The third kappa shape index (κ3) is 4.91. The zero-order valence-corrected chi connectivity index (χ0v) is 12.3. The van der Waals surface area contributed by atoms with E-state index in [2.05, 4.69) is 10.2 Å². The van der Waals surface area contributed by atoms with Crippen LogP contribution in [0, 0.1) is 0 Å². The van der Waals surface area contributed by atoms with Crippen molar-refractivity contribution in [2.75, 3.05) is 27.7 Å². The Kier molecular flexibility index (Phi) is 6.36. The van der Waals surface area contributed by atoms with E-state index in [0.717, 1.165) is 12.2 Å². The lowest BCUT2D eigenvalue weighted by molar-refractivity contribution is -0.121. The van der Waals surface area contributed by atoms with Crippen molar-refractivity contribution in [3.63, 3.8) is 0 Å². The Morgan fingerprint density at radius 3 is 2.42 bits per heavy atom. The molecule has 0 heterocycles. The summed E-state index contributed by atoms with van der Waals surface area (Å²) in [5.74, 6) is 0.958. The van der Waals surface area contributed by atoms with E-state index >= 15 is 0 Å². The fraction of sp³-hybridized carbons (Fsp3) is 0.533. The smallest absolute Gasteiger partial charge is 0.220 e. The molecule has 1 amide bonds. The Hall–Kier alpha value is -1.55. The number of hydrogen-bond donors (Lipinski definition) is 1. The molecule has 1 rings (SSSR count). The topological polar surface area (TPSA) is 41.6 Å². The van der Waals surface area contributed by atoms with E-state index in [0.29, 0.717) is 13.0 Å². The van der Waals surface area contributed by atoms with Gasteiger partial charge in [-0.1, -0.05) is 19.1 Å². The maximum atomic E-state index is 11.6. The molecule has 4 nitrogen and oxygen atoms in total. The van der Waals surface area contributed by atoms with Crippen LogP contribution in [0.25, 0.3) is 0 Å². The number of nitrogens with one attached hydrogen (secondary N) is 1. The van der Waals surface area contributed by atoms with Gasteiger partial charge < -0.3 is 15.0 Å². The first-order valence-electron chi connectivity index (χ1n) is 6.65. The molecule has 0 saturated carbocycles. The number of benzene rings is 1. The van der Waals surface area contributed by atoms with E-state index < -0.39 is 0 Å². The SMILES string of the molecule is CCCC(=O)NCC(c1ccc(OC)cc1)N(C)C. The highest BCUT2D eigenvalue weighted by Crippen LogP contribution is 2.20. The lowest BCUT2D eigenvalue weighted by atomic mass is 10.1. The maximum absolute atomic E-state index is 11.6. The first-order chi connectivity index (χ1) is 9.08. The van der Waals surface area contributed by atoms with E-state index in [1.54, 1.807) is 7.11 Å². The van der Waals surface area contributed by atoms with Crippen LogP contribution in [0.3, 0.4) is 0 Å². The van der Waals surface area contributed by atoms with Crippen molar-refractivity contribution < 1.29 is 9.53 Å². The number of likely N-dealkylation sites (N-methyl/N-ethyl adjacent to an activating group) is 1. The van der Waals surface area contributed by atoms with Gasteiger partial charge in [0.2, 0.25) is 5.91 Å². The van der Waals surface area contributed by atoms with Crippen LogP contribution in [0.2, 0.25) is 0 Å². The van der Waals surface area contributed by atoms with E-state index in [1.807, 2.05) is 45.3 Å². The number of hydrogen-bond acceptors (Lipinski definition) is 3. The molecule has 0 radical (unpaired) electrons. The van der Waals surface area contributed by atoms with Gasteiger partial charge in [0.1, 0.15) is 5.75 Å². The van der Waals surface area contributed by atoms with Gasteiger partial charge in [0.25, 0.3) is 0 Å². The first kappa shape index (κ1) is 15.5. The summed E-state index contributed by atoms with van der Waals surface area (Å²) in [5.41, 5.74) is 1.17. The molecule has 0 fully saturated rings. The molecule has 0 aliphatic heterocycles.